The normalized spacial score (nSPS) is 25.5. The molecular weight excluding hydrogens is 412 g/mol. The lowest BCUT2D eigenvalue weighted by atomic mass is 9.96. The number of ether oxygens (including phenoxy) is 1. The predicted octanol–water partition coefficient (Wildman–Crippen LogP) is 2.74. The number of carbonyl (C=O) groups excluding carboxylic acids is 2. The van der Waals surface area contributed by atoms with Gasteiger partial charge in [0.05, 0.1) is 12.1 Å². The lowest BCUT2D eigenvalue weighted by Crippen LogP contribution is -2.54. The largest absolute Gasteiger partial charge is 0.454 e. The van der Waals surface area contributed by atoms with Gasteiger partial charge in [-0.05, 0) is 45.2 Å². The van der Waals surface area contributed by atoms with E-state index in [2.05, 4.69) is 36.7 Å². The van der Waals surface area contributed by atoms with Gasteiger partial charge in [-0.3, -0.25) is 9.79 Å². The van der Waals surface area contributed by atoms with E-state index in [1.54, 1.807) is 11.8 Å². The number of piperidine rings is 1. The molecule has 0 saturated carbocycles. The summed E-state index contributed by atoms with van der Waals surface area (Å²) >= 11 is 1.67. The van der Waals surface area contributed by atoms with Crippen molar-refractivity contribution in [2.24, 2.45) is 16.8 Å². The highest BCUT2D eigenvalue weighted by Crippen LogP contribution is 2.26. The molecule has 0 radical (unpaired) electrons. The molecule has 3 N–H and O–H groups in total. The molecule has 2 rings (SSSR count). The van der Waals surface area contributed by atoms with Gasteiger partial charge in [0.25, 0.3) is 0 Å². The van der Waals surface area contributed by atoms with Crippen molar-refractivity contribution < 1.29 is 14.3 Å². The highest BCUT2D eigenvalue weighted by Gasteiger charge is 2.35. The van der Waals surface area contributed by atoms with Crippen LogP contribution in [0.1, 0.15) is 66.7 Å². The van der Waals surface area contributed by atoms with E-state index in [1.807, 2.05) is 20.9 Å². The van der Waals surface area contributed by atoms with Crippen molar-refractivity contribution in [3.63, 3.8) is 0 Å². The SMILES string of the molecule is CCC(C)[C@H](NC(=O)[C@H]1CCCCN1)C(=O)O[C@H](C[C@@H](NC)C(C)C)C1=N[C@H](C)CS1. The second-order valence-corrected chi connectivity index (χ2v) is 10.3. The second-order valence-electron chi connectivity index (χ2n) is 9.30. The summed E-state index contributed by atoms with van der Waals surface area (Å²) < 4.78 is 6.07. The van der Waals surface area contributed by atoms with Crippen molar-refractivity contribution in [1.82, 2.24) is 16.0 Å². The maximum Gasteiger partial charge on any atom is 0.329 e. The quantitative estimate of drug-likeness (QED) is 0.416. The number of nitrogens with zero attached hydrogens (tertiary/aromatic N) is 1. The molecule has 2 heterocycles. The van der Waals surface area contributed by atoms with Crippen molar-refractivity contribution in [3.8, 4) is 0 Å². The van der Waals surface area contributed by atoms with Gasteiger partial charge in [-0.15, -0.1) is 11.8 Å². The number of esters is 1. The standard InChI is InChI=1S/C23H42N4O3S/c1-7-15(4)20(27-21(28)17-10-8-9-11-25-17)23(29)30-19(12-18(24-6)14(2)3)22-26-16(5)13-31-22/h14-20,24-25H,7-13H2,1-6H3,(H,27,28)/t15?,16-,17-,18-,19-,20+/m1/s1. The van der Waals surface area contributed by atoms with Crippen LogP contribution in [0.5, 0.6) is 0 Å². The number of nitrogens with one attached hydrogen (secondary N) is 3. The Hall–Kier alpha value is -1.12. The summed E-state index contributed by atoms with van der Waals surface area (Å²) in [4.78, 5) is 30.8. The molecular formula is C23H42N4O3S. The molecule has 1 amide bonds. The molecule has 31 heavy (non-hydrogen) atoms. The Balaban J connectivity index is 2.13. The molecule has 1 unspecified atom stereocenters. The number of aliphatic imine (C=N–C) groups is 1. The third-order valence-electron chi connectivity index (χ3n) is 6.39. The first kappa shape index (κ1) is 26.1. The van der Waals surface area contributed by atoms with Crippen molar-refractivity contribution >= 4 is 28.7 Å². The summed E-state index contributed by atoms with van der Waals surface area (Å²) in [5.74, 6) is 0.842. The van der Waals surface area contributed by atoms with Crippen LogP contribution < -0.4 is 16.0 Å². The fourth-order valence-corrected chi connectivity index (χ4v) is 5.11. The Morgan fingerprint density at radius 2 is 2.03 bits per heavy atom. The number of rotatable bonds is 11. The minimum atomic E-state index is -0.653. The van der Waals surface area contributed by atoms with Gasteiger partial charge >= 0.3 is 5.97 Å². The number of hydrogen-bond acceptors (Lipinski definition) is 7. The van der Waals surface area contributed by atoms with Gasteiger partial charge in [0.2, 0.25) is 5.91 Å². The van der Waals surface area contributed by atoms with E-state index in [1.165, 1.54) is 0 Å². The first-order valence-corrected chi connectivity index (χ1v) is 12.9. The number of amides is 1. The Morgan fingerprint density at radius 1 is 1.29 bits per heavy atom. The van der Waals surface area contributed by atoms with E-state index in [9.17, 15) is 9.59 Å². The zero-order valence-corrected chi connectivity index (χ0v) is 20.9. The predicted molar refractivity (Wildman–Crippen MR) is 129 cm³/mol. The first-order valence-electron chi connectivity index (χ1n) is 11.9. The molecule has 6 atom stereocenters. The fourth-order valence-electron chi connectivity index (χ4n) is 4.04. The molecule has 7 nitrogen and oxygen atoms in total. The lowest BCUT2D eigenvalue weighted by molar-refractivity contribution is -0.152. The number of thioether (sulfide) groups is 1. The minimum Gasteiger partial charge on any atom is -0.454 e. The Bertz CT molecular complexity index is 622. The minimum absolute atomic E-state index is 0.0111. The third-order valence-corrected chi connectivity index (χ3v) is 7.70. The van der Waals surface area contributed by atoms with Crippen molar-refractivity contribution in [2.75, 3.05) is 19.3 Å². The number of carbonyl (C=O) groups is 2. The molecule has 2 aliphatic rings. The van der Waals surface area contributed by atoms with E-state index < -0.39 is 12.1 Å². The zero-order valence-electron chi connectivity index (χ0n) is 20.1. The van der Waals surface area contributed by atoms with Crippen LogP contribution in [0, 0.1) is 11.8 Å². The summed E-state index contributed by atoms with van der Waals surface area (Å²) in [6, 6.07) is -0.440. The Labute approximate surface area is 192 Å². The zero-order chi connectivity index (χ0) is 23.0. The van der Waals surface area contributed by atoms with Gasteiger partial charge in [-0.25, -0.2) is 4.79 Å². The molecule has 2 aliphatic heterocycles. The summed E-state index contributed by atoms with van der Waals surface area (Å²) in [6.45, 7) is 11.3. The molecule has 0 aromatic carbocycles. The van der Waals surface area contributed by atoms with Crippen molar-refractivity contribution in [1.29, 1.82) is 0 Å². The van der Waals surface area contributed by atoms with E-state index in [4.69, 9.17) is 9.73 Å². The van der Waals surface area contributed by atoms with Gasteiger partial charge in [-0.1, -0.05) is 40.5 Å². The highest BCUT2D eigenvalue weighted by molar-refractivity contribution is 8.14. The highest BCUT2D eigenvalue weighted by atomic mass is 32.2. The van der Waals surface area contributed by atoms with Crippen LogP contribution in [-0.4, -0.2) is 66.5 Å². The first-order chi connectivity index (χ1) is 14.8. The van der Waals surface area contributed by atoms with E-state index >= 15 is 0 Å². The van der Waals surface area contributed by atoms with Crippen LogP contribution in [0.4, 0.5) is 0 Å². The molecule has 8 heteroatoms. The van der Waals surface area contributed by atoms with Crippen LogP contribution in [0.2, 0.25) is 0 Å². The molecule has 1 saturated heterocycles. The van der Waals surface area contributed by atoms with Crippen LogP contribution in [-0.2, 0) is 14.3 Å². The molecule has 0 bridgehead atoms. The second kappa shape index (κ2) is 12.8. The fraction of sp³-hybridized carbons (Fsp3) is 0.870. The summed E-state index contributed by atoms with van der Waals surface area (Å²) in [7, 11) is 1.94. The summed E-state index contributed by atoms with van der Waals surface area (Å²) in [5, 5.41) is 10.5. The lowest BCUT2D eigenvalue weighted by Gasteiger charge is -2.30. The maximum atomic E-state index is 13.3. The van der Waals surface area contributed by atoms with Gasteiger partial charge in [-0.2, -0.15) is 0 Å². The topological polar surface area (TPSA) is 91.8 Å². The van der Waals surface area contributed by atoms with Crippen LogP contribution >= 0.6 is 11.8 Å². The van der Waals surface area contributed by atoms with E-state index in [0.717, 1.165) is 43.0 Å². The Morgan fingerprint density at radius 3 is 2.55 bits per heavy atom. The van der Waals surface area contributed by atoms with Gasteiger partial charge in [0.15, 0.2) is 6.10 Å². The smallest absolute Gasteiger partial charge is 0.329 e. The van der Waals surface area contributed by atoms with Gasteiger partial charge in [0.1, 0.15) is 11.1 Å². The van der Waals surface area contributed by atoms with Crippen molar-refractivity contribution in [2.45, 2.75) is 97.0 Å². The summed E-state index contributed by atoms with van der Waals surface area (Å²) in [5.41, 5.74) is 0. The average Bonchev–Trinajstić information content (AvgIpc) is 3.20. The van der Waals surface area contributed by atoms with Crippen molar-refractivity contribution in [3.05, 3.63) is 0 Å². The van der Waals surface area contributed by atoms with E-state index in [0.29, 0.717) is 12.3 Å². The maximum absolute atomic E-state index is 13.3. The monoisotopic (exact) mass is 454 g/mol. The van der Waals surface area contributed by atoms with Crippen LogP contribution in [0.25, 0.3) is 0 Å². The van der Waals surface area contributed by atoms with Gasteiger partial charge < -0.3 is 20.7 Å². The molecule has 1 fully saturated rings. The molecule has 0 aromatic heterocycles. The van der Waals surface area contributed by atoms with Crippen LogP contribution in [0.3, 0.4) is 0 Å². The molecule has 0 aliphatic carbocycles. The molecule has 0 aromatic rings. The van der Waals surface area contributed by atoms with E-state index in [-0.39, 0.29) is 35.9 Å². The van der Waals surface area contributed by atoms with Crippen LogP contribution in [0.15, 0.2) is 4.99 Å². The summed E-state index contributed by atoms with van der Waals surface area (Å²) in [6.07, 6.45) is 3.98. The van der Waals surface area contributed by atoms with Gasteiger partial charge in [0, 0.05) is 18.2 Å². The molecule has 0 spiro atoms. The molecule has 178 valence electrons. The Kier molecular flexibility index (Phi) is 10.8. The number of hydrogen-bond donors (Lipinski definition) is 3. The average molecular weight is 455 g/mol. The third kappa shape index (κ3) is 7.75.